The molecule has 1 N–H and O–H groups in total. The van der Waals surface area contributed by atoms with Crippen LogP contribution < -0.4 is 4.74 Å². The first kappa shape index (κ1) is 14.8. The molecule has 2 aromatic rings. The van der Waals surface area contributed by atoms with Gasteiger partial charge in [0, 0.05) is 11.8 Å². The fourth-order valence-electron chi connectivity index (χ4n) is 1.69. The highest BCUT2D eigenvalue weighted by Crippen LogP contribution is 2.33. The summed E-state index contributed by atoms with van der Waals surface area (Å²) >= 11 is 0. The van der Waals surface area contributed by atoms with Crippen LogP contribution in [0.25, 0.3) is 0 Å². The van der Waals surface area contributed by atoms with Crippen molar-refractivity contribution in [3.8, 4) is 5.75 Å². The molecule has 0 saturated carbocycles. The Hall–Kier alpha value is -2.57. The van der Waals surface area contributed by atoms with Gasteiger partial charge in [0.15, 0.2) is 0 Å². The molecule has 0 atom stereocenters. The van der Waals surface area contributed by atoms with E-state index in [0.717, 1.165) is 12.1 Å². The SMILES string of the molecule is O=C(O)c1ccc(COc2cccnc2)c(C(F)(F)F)c1. The molecule has 0 aliphatic carbocycles. The van der Waals surface area contributed by atoms with Gasteiger partial charge < -0.3 is 9.84 Å². The van der Waals surface area contributed by atoms with Crippen LogP contribution >= 0.6 is 0 Å². The van der Waals surface area contributed by atoms with Gasteiger partial charge in [0.2, 0.25) is 0 Å². The average Bonchev–Trinajstić information content (AvgIpc) is 2.45. The van der Waals surface area contributed by atoms with Crippen LogP contribution in [0.4, 0.5) is 13.2 Å². The van der Waals surface area contributed by atoms with Crippen molar-refractivity contribution in [2.75, 3.05) is 0 Å². The van der Waals surface area contributed by atoms with Gasteiger partial charge in [0.1, 0.15) is 12.4 Å². The molecule has 0 bridgehead atoms. The third kappa shape index (κ3) is 3.71. The van der Waals surface area contributed by atoms with Crippen LogP contribution in [-0.2, 0) is 12.8 Å². The topological polar surface area (TPSA) is 59.4 Å². The van der Waals surface area contributed by atoms with Crippen LogP contribution in [0.5, 0.6) is 5.75 Å². The van der Waals surface area contributed by atoms with E-state index in [9.17, 15) is 18.0 Å². The highest BCUT2D eigenvalue weighted by Gasteiger charge is 2.34. The number of ether oxygens (including phenoxy) is 1. The molecule has 1 aromatic heterocycles. The highest BCUT2D eigenvalue weighted by atomic mass is 19.4. The van der Waals surface area contributed by atoms with Crippen LogP contribution in [0.15, 0.2) is 42.7 Å². The molecule has 0 saturated heterocycles. The van der Waals surface area contributed by atoms with E-state index in [4.69, 9.17) is 9.84 Å². The molecule has 1 heterocycles. The molecule has 7 heteroatoms. The summed E-state index contributed by atoms with van der Waals surface area (Å²) in [4.78, 5) is 14.5. The number of aromatic nitrogens is 1. The summed E-state index contributed by atoms with van der Waals surface area (Å²) in [6.45, 7) is -0.333. The van der Waals surface area contributed by atoms with E-state index < -0.39 is 23.3 Å². The quantitative estimate of drug-likeness (QED) is 0.940. The summed E-state index contributed by atoms with van der Waals surface area (Å²) in [5, 5.41) is 8.77. The molecule has 0 unspecified atom stereocenters. The monoisotopic (exact) mass is 297 g/mol. The van der Waals surface area contributed by atoms with Gasteiger partial charge in [0.05, 0.1) is 17.3 Å². The van der Waals surface area contributed by atoms with Crippen molar-refractivity contribution < 1.29 is 27.8 Å². The second-order valence-electron chi connectivity index (χ2n) is 4.15. The summed E-state index contributed by atoms with van der Waals surface area (Å²) in [6, 6.07) is 5.96. The normalized spacial score (nSPS) is 11.2. The standard InChI is InChI=1S/C14H10F3NO3/c15-14(16,17)12-6-9(13(19)20)3-4-10(12)8-21-11-2-1-5-18-7-11/h1-7H,8H2,(H,19,20). The Morgan fingerprint density at radius 1 is 1.29 bits per heavy atom. The summed E-state index contributed by atoms with van der Waals surface area (Å²) in [7, 11) is 0. The Morgan fingerprint density at radius 2 is 2.05 bits per heavy atom. The van der Waals surface area contributed by atoms with E-state index in [1.807, 2.05) is 0 Å². The first-order valence-electron chi connectivity index (χ1n) is 5.84. The number of benzene rings is 1. The third-order valence-corrected chi connectivity index (χ3v) is 2.69. The van der Waals surface area contributed by atoms with Crippen molar-refractivity contribution in [2.24, 2.45) is 0 Å². The predicted octanol–water partition coefficient (Wildman–Crippen LogP) is 3.38. The maximum Gasteiger partial charge on any atom is 0.416 e. The average molecular weight is 297 g/mol. The molecular weight excluding hydrogens is 287 g/mol. The zero-order valence-corrected chi connectivity index (χ0v) is 10.6. The smallest absolute Gasteiger partial charge is 0.416 e. The second kappa shape index (κ2) is 5.82. The van der Waals surface area contributed by atoms with Gasteiger partial charge in [-0.2, -0.15) is 13.2 Å². The molecule has 0 fully saturated rings. The number of halogens is 3. The summed E-state index contributed by atoms with van der Waals surface area (Å²) in [5.41, 5.74) is -1.59. The molecular formula is C14H10F3NO3. The molecule has 0 spiro atoms. The number of rotatable bonds is 4. The summed E-state index contributed by atoms with van der Waals surface area (Å²) < 4.78 is 44.1. The van der Waals surface area contributed by atoms with E-state index in [1.54, 1.807) is 12.1 Å². The Morgan fingerprint density at radius 3 is 2.62 bits per heavy atom. The first-order valence-corrected chi connectivity index (χ1v) is 5.84. The summed E-state index contributed by atoms with van der Waals surface area (Å²) in [5.74, 6) is -1.09. The second-order valence-corrected chi connectivity index (χ2v) is 4.15. The van der Waals surface area contributed by atoms with Gasteiger partial charge in [-0.3, -0.25) is 4.98 Å². The molecule has 0 radical (unpaired) electrons. The summed E-state index contributed by atoms with van der Waals surface area (Å²) in [6.07, 6.45) is -1.77. The minimum absolute atomic E-state index is 0.142. The number of carboxylic acids is 1. The van der Waals surface area contributed by atoms with Crippen molar-refractivity contribution >= 4 is 5.97 Å². The Bertz CT molecular complexity index is 642. The predicted molar refractivity (Wildman–Crippen MR) is 67.0 cm³/mol. The van der Waals surface area contributed by atoms with E-state index >= 15 is 0 Å². The molecule has 4 nitrogen and oxygen atoms in total. The fraction of sp³-hybridized carbons (Fsp3) is 0.143. The number of aromatic carboxylic acids is 1. The minimum atomic E-state index is -4.65. The zero-order chi connectivity index (χ0) is 15.5. The van der Waals surface area contributed by atoms with E-state index in [0.29, 0.717) is 11.8 Å². The lowest BCUT2D eigenvalue weighted by Crippen LogP contribution is -2.13. The number of hydrogen-bond donors (Lipinski definition) is 1. The lowest BCUT2D eigenvalue weighted by atomic mass is 10.0. The van der Waals surface area contributed by atoms with Crippen molar-refractivity contribution in [2.45, 2.75) is 12.8 Å². The maximum atomic E-state index is 13.0. The molecule has 21 heavy (non-hydrogen) atoms. The van der Waals surface area contributed by atoms with Crippen LogP contribution in [0.2, 0.25) is 0 Å². The highest BCUT2D eigenvalue weighted by molar-refractivity contribution is 5.88. The Kier molecular flexibility index (Phi) is 4.11. The van der Waals surface area contributed by atoms with E-state index in [1.165, 1.54) is 12.4 Å². The van der Waals surface area contributed by atoms with Gasteiger partial charge in [-0.05, 0) is 24.3 Å². The fourth-order valence-corrected chi connectivity index (χ4v) is 1.69. The number of pyridine rings is 1. The zero-order valence-electron chi connectivity index (χ0n) is 10.6. The van der Waals surface area contributed by atoms with Crippen molar-refractivity contribution in [3.63, 3.8) is 0 Å². The molecule has 0 aliphatic rings. The number of nitrogens with zero attached hydrogens (tertiary/aromatic N) is 1. The van der Waals surface area contributed by atoms with Gasteiger partial charge in [-0.1, -0.05) is 6.07 Å². The molecule has 0 aliphatic heterocycles. The van der Waals surface area contributed by atoms with Crippen molar-refractivity contribution in [3.05, 3.63) is 59.4 Å². The Balaban J connectivity index is 2.28. The number of carboxylic acid groups (broad SMARTS) is 1. The van der Waals surface area contributed by atoms with Gasteiger partial charge in [0.25, 0.3) is 0 Å². The molecule has 110 valence electrons. The van der Waals surface area contributed by atoms with Gasteiger partial charge >= 0.3 is 12.1 Å². The van der Waals surface area contributed by atoms with Crippen molar-refractivity contribution in [1.29, 1.82) is 0 Å². The number of carbonyl (C=O) groups is 1. The number of alkyl halides is 3. The van der Waals surface area contributed by atoms with Crippen LogP contribution in [0.3, 0.4) is 0 Å². The van der Waals surface area contributed by atoms with Crippen LogP contribution in [-0.4, -0.2) is 16.1 Å². The first-order chi connectivity index (χ1) is 9.88. The molecule has 0 amide bonds. The number of hydrogen-bond acceptors (Lipinski definition) is 3. The third-order valence-electron chi connectivity index (χ3n) is 2.69. The lowest BCUT2D eigenvalue weighted by molar-refractivity contribution is -0.138. The van der Waals surface area contributed by atoms with E-state index in [-0.39, 0.29) is 12.2 Å². The van der Waals surface area contributed by atoms with Crippen molar-refractivity contribution in [1.82, 2.24) is 4.98 Å². The van der Waals surface area contributed by atoms with Crippen LogP contribution in [0, 0.1) is 0 Å². The van der Waals surface area contributed by atoms with Gasteiger partial charge in [-0.15, -0.1) is 0 Å². The molecule has 2 rings (SSSR count). The minimum Gasteiger partial charge on any atom is -0.487 e. The maximum absolute atomic E-state index is 13.0. The lowest BCUT2D eigenvalue weighted by Gasteiger charge is -2.14. The Labute approximate surface area is 117 Å². The largest absolute Gasteiger partial charge is 0.487 e. The van der Waals surface area contributed by atoms with Gasteiger partial charge in [-0.25, -0.2) is 4.79 Å². The van der Waals surface area contributed by atoms with Crippen LogP contribution in [0.1, 0.15) is 21.5 Å². The van der Waals surface area contributed by atoms with E-state index in [2.05, 4.69) is 4.98 Å². The molecule has 1 aromatic carbocycles.